The number of hydrogen-bond acceptors (Lipinski definition) is 21. The number of nitrogens with zero attached hydrogens (tertiary/aromatic N) is 1. The first-order chi connectivity index (χ1) is 43.1. The fourth-order valence-electron chi connectivity index (χ4n) is 8.46. The van der Waals surface area contributed by atoms with E-state index in [2.05, 4.69) is 68.6 Å². The Morgan fingerprint density at radius 3 is 1.90 bits per heavy atom. The van der Waals surface area contributed by atoms with E-state index in [1.54, 1.807) is 57.4 Å². The largest absolute Gasteiger partial charge is 0.507 e. The molecule has 2 aliphatic heterocycles. The van der Waals surface area contributed by atoms with Gasteiger partial charge in [0.1, 0.15) is 36.4 Å². The molecule has 28 nitrogen and oxygen atoms in total. The molecule has 8 amide bonds. The Morgan fingerprint density at radius 1 is 0.756 bits per heavy atom. The van der Waals surface area contributed by atoms with Crippen LogP contribution in [-0.4, -0.2) is 197 Å². The average molecular weight is 1260 g/mol. The van der Waals surface area contributed by atoms with Crippen LogP contribution in [0.4, 0.5) is 10.5 Å². The maximum absolute atomic E-state index is 13.3. The number of aliphatic hydroxyl groups is 1. The zero-order valence-corrected chi connectivity index (χ0v) is 52.4. The van der Waals surface area contributed by atoms with Crippen LogP contribution in [-0.2, 0) is 72.1 Å². The highest BCUT2D eigenvalue weighted by Crippen LogP contribution is 2.47. The maximum Gasteiger partial charge on any atom is 0.407 e. The fourth-order valence-corrected chi connectivity index (χ4v) is 8.46. The van der Waals surface area contributed by atoms with Crippen molar-refractivity contribution in [2.45, 2.75) is 98.3 Å². The number of aromatic hydroxyl groups is 2. The summed E-state index contributed by atoms with van der Waals surface area (Å²) >= 11 is 0. The van der Waals surface area contributed by atoms with Gasteiger partial charge in [-0.1, -0.05) is 57.9 Å². The zero-order valence-electron chi connectivity index (χ0n) is 52.4. The van der Waals surface area contributed by atoms with E-state index < -0.39 is 47.0 Å². The first kappa shape index (κ1) is 77.1. The Kier molecular flexibility index (Phi) is 36.7. The smallest absolute Gasteiger partial charge is 0.407 e. The lowest BCUT2D eigenvalue weighted by Gasteiger charge is -2.29. The van der Waals surface area contributed by atoms with Crippen LogP contribution in [0, 0.1) is 5.92 Å². The first-order valence-electron chi connectivity index (χ1n) is 29.5. The Labute approximate surface area is 523 Å². The van der Waals surface area contributed by atoms with Gasteiger partial charge in [0, 0.05) is 79.6 Å². The molecule has 3 aromatic rings. The molecule has 7 rings (SSSR count). The molecule has 1 fully saturated rings. The summed E-state index contributed by atoms with van der Waals surface area (Å²) in [5.41, 5.74) is 1.60. The third-order valence-corrected chi connectivity index (χ3v) is 13.1. The molecule has 0 aromatic heterocycles. The molecule has 0 saturated carbocycles. The van der Waals surface area contributed by atoms with Crippen molar-refractivity contribution < 1.29 is 87.1 Å². The number of likely N-dealkylation sites (N-methyl/N-ethyl adjacent to an activating group) is 2. The van der Waals surface area contributed by atoms with Crippen LogP contribution in [0.15, 0.2) is 54.6 Å². The number of rotatable bonds is 23. The lowest BCUT2D eigenvalue weighted by atomic mass is 9.75. The third kappa shape index (κ3) is 26.4. The molecule has 2 heterocycles. The van der Waals surface area contributed by atoms with Crippen molar-refractivity contribution in [2.75, 3.05) is 98.6 Å². The highest BCUT2D eigenvalue weighted by atomic mass is 16.5. The molecule has 3 unspecified atom stereocenters. The number of morpholine rings is 1. The highest BCUT2D eigenvalue weighted by molar-refractivity contribution is 6.31. The zero-order chi connectivity index (χ0) is 67.1. The van der Waals surface area contributed by atoms with E-state index in [-0.39, 0.29) is 147 Å². The van der Waals surface area contributed by atoms with Crippen molar-refractivity contribution in [1.29, 1.82) is 0 Å². The molecule has 3 atom stereocenters. The SMILES string of the molecule is C1COCCN1.CCC.CCCC(C)O.CNC(C)C(=O)Nc1ccc(COC(=O)NCC=O)cc1.CNCC(=O)NCC(=O)NCCNC(=O)C1CCc2c(O)c3c(c(O)c2C1)C(=O)c1cccc(OC)c1C3=O.O=CCNC(=O)CCN1C(=O)C=CC1=O. The lowest BCUT2D eigenvalue weighted by Crippen LogP contribution is -2.43. The van der Waals surface area contributed by atoms with Crippen LogP contribution in [0.25, 0.3) is 0 Å². The molecular formula is C62H88N10O18. The number of imide groups is 1. The van der Waals surface area contributed by atoms with Gasteiger partial charge in [0.25, 0.3) is 11.8 Å². The number of anilines is 1. The summed E-state index contributed by atoms with van der Waals surface area (Å²) < 4.78 is 15.2. The molecule has 90 heavy (non-hydrogen) atoms. The summed E-state index contributed by atoms with van der Waals surface area (Å²) in [6.07, 6.45) is 6.58. The van der Waals surface area contributed by atoms with E-state index in [0.717, 1.165) is 61.8 Å². The number of amides is 8. The second-order valence-electron chi connectivity index (χ2n) is 20.2. The Hall–Kier alpha value is -8.96. The fraction of sp³-hybridized carbons (Fsp3) is 0.484. The topological polar surface area (TPSA) is 405 Å². The standard InChI is InChI=1S/C27H30N4O8.C14H19N3O4.C9H10N2O4.C5H12O.C4H9NO.C3H8/c1-28-11-18(32)31-12-19(33)29-8-9-30-27(38)13-6-7-14-16(10-13)25(36)21-22(23(14)34)26(37)20-15(24(21)35)4-3-5-17(20)39-2;1-10(15-2)13(19)17-12-5-3-11(4-6-12)9-21-14(20)16-7-8-18;12-6-4-10-7(13)3-5-11-8(14)1-2-9(11)15;1-3-4-5(2)6;1-3-6-4-2-5-1;1-3-2/h3-5,13,28,34,36H,6-12H2,1-2H3,(H,29,33)(H,30,38)(H,31,32);3-6,8,10,15H,7,9H2,1-2H3,(H,16,20)(H,17,19);1-2,6H,3-5H2,(H,10,13);5-6H,3-4H2,1-2H3;5H,1-4H2;3H2,1-2H3. The Morgan fingerprint density at radius 2 is 1.36 bits per heavy atom. The second-order valence-corrected chi connectivity index (χ2v) is 20.2. The van der Waals surface area contributed by atoms with Gasteiger partial charge < -0.3 is 87.0 Å². The summed E-state index contributed by atoms with van der Waals surface area (Å²) in [4.78, 5) is 140. The molecule has 12 N–H and O–H groups in total. The molecule has 1 saturated heterocycles. The summed E-state index contributed by atoms with van der Waals surface area (Å²) in [5, 5.41) is 54.5. The number of carbonyl (C=O) groups is 12. The monoisotopic (exact) mass is 1260 g/mol. The average Bonchev–Trinajstić information content (AvgIpc) is 0.799. The number of aliphatic hydroxyl groups excluding tert-OH is 1. The molecule has 0 bridgehead atoms. The number of ether oxygens (including phenoxy) is 3. The van der Waals surface area contributed by atoms with E-state index in [0.29, 0.717) is 30.2 Å². The number of alkyl carbamates (subject to hydrolysis) is 1. The second kappa shape index (κ2) is 42.8. The van der Waals surface area contributed by atoms with Crippen molar-refractivity contribution in [3.8, 4) is 17.2 Å². The number of nitrogens with one attached hydrogen (secondary N) is 9. The molecule has 28 heteroatoms. The lowest BCUT2D eigenvalue weighted by molar-refractivity contribution is -0.137. The van der Waals surface area contributed by atoms with Crippen LogP contribution < -0.4 is 52.6 Å². The summed E-state index contributed by atoms with van der Waals surface area (Å²) in [7, 11) is 4.70. The summed E-state index contributed by atoms with van der Waals surface area (Å²) in [5.74, 6) is -4.71. The highest BCUT2D eigenvalue weighted by Gasteiger charge is 2.41. The molecular weight excluding hydrogens is 1170 g/mol. The number of phenolic OH excluding ortho intramolecular Hbond substituents is 2. The molecule has 494 valence electrons. The van der Waals surface area contributed by atoms with Crippen LogP contribution >= 0.6 is 0 Å². The van der Waals surface area contributed by atoms with E-state index >= 15 is 0 Å². The summed E-state index contributed by atoms with van der Waals surface area (Å²) in [6.45, 7) is 13.9. The summed E-state index contributed by atoms with van der Waals surface area (Å²) in [6, 6.07) is 11.2. The Balaban J connectivity index is 0.000000449. The Bertz CT molecular complexity index is 2900. The number of ketones is 2. The van der Waals surface area contributed by atoms with Gasteiger partial charge in [0.05, 0.1) is 75.3 Å². The minimum atomic E-state index is -0.651. The van der Waals surface area contributed by atoms with E-state index in [4.69, 9.17) is 19.3 Å². The van der Waals surface area contributed by atoms with E-state index in [9.17, 15) is 67.7 Å². The normalized spacial score (nSPS) is 14.5. The van der Waals surface area contributed by atoms with Crippen LogP contribution in [0.3, 0.4) is 0 Å². The van der Waals surface area contributed by atoms with Crippen LogP contribution in [0.2, 0.25) is 0 Å². The van der Waals surface area contributed by atoms with Gasteiger partial charge in [-0.15, -0.1) is 0 Å². The van der Waals surface area contributed by atoms with Crippen molar-refractivity contribution in [2.24, 2.45) is 5.92 Å². The van der Waals surface area contributed by atoms with Crippen molar-refractivity contribution >= 4 is 77.3 Å². The number of hydrogen-bond donors (Lipinski definition) is 12. The van der Waals surface area contributed by atoms with Gasteiger partial charge in [-0.25, -0.2) is 4.79 Å². The maximum atomic E-state index is 13.3. The number of aldehydes is 2. The number of carbonyl (C=O) groups excluding carboxylic acids is 12. The minimum absolute atomic E-state index is 0.00694. The first-order valence-corrected chi connectivity index (χ1v) is 29.5. The van der Waals surface area contributed by atoms with Gasteiger partial charge >= 0.3 is 6.09 Å². The molecule has 2 aliphatic carbocycles. The molecule has 3 aromatic carbocycles. The van der Waals surface area contributed by atoms with Crippen molar-refractivity contribution in [3.63, 3.8) is 0 Å². The van der Waals surface area contributed by atoms with Gasteiger partial charge in [0.15, 0.2) is 5.78 Å². The minimum Gasteiger partial charge on any atom is -0.507 e. The quantitative estimate of drug-likeness (QED) is 0.0213. The van der Waals surface area contributed by atoms with Crippen molar-refractivity contribution in [1.82, 2.24) is 47.4 Å². The van der Waals surface area contributed by atoms with E-state index in [1.165, 1.54) is 19.6 Å². The molecule has 0 spiro atoms. The van der Waals surface area contributed by atoms with Gasteiger partial charge in [-0.05, 0) is 77.4 Å². The predicted molar refractivity (Wildman–Crippen MR) is 332 cm³/mol. The van der Waals surface area contributed by atoms with Gasteiger partial charge in [-0.3, -0.25) is 48.1 Å². The van der Waals surface area contributed by atoms with Gasteiger partial charge in [0.2, 0.25) is 35.3 Å². The number of phenols is 2. The molecule has 4 aliphatic rings. The molecule has 0 radical (unpaired) electrons. The number of fused-ring (bicyclic) bond motifs is 3. The van der Waals surface area contributed by atoms with E-state index in [1.807, 2.05) is 6.92 Å². The van der Waals surface area contributed by atoms with Crippen LogP contribution in [0.5, 0.6) is 17.2 Å². The number of benzene rings is 3. The third-order valence-electron chi connectivity index (χ3n) is 13.1. The van der Waals surface area contributed by atoms with Gasteiger partial charge in [-0.2, -0.15) is 0 Å². The van der Waals surface area contributed by atoms with Crippen molar-refractivity contribution in [3.05, 3.63) is 93.6 Å². The van der Waals surface area contributed by atoms with Crippen LogP contribution in [0.1, 0.15) is 115 Å². The number of methoxy groups -OCH3 is 1. The predicted octanol–water partition coefficient (Wildman–Crippen LogP) is 1.02.